The summed E-state index contributed by atoms with van der Waals surface area (Å²) in [5.41, 5.74) is 1.54. The van der Waals surface area contributed by atoms with Crippen molar-refractivity contribution >= 4 is 23.5 Å². The van der Waals surface area contributed by atoms with E-state index in [1.807, 2.05) is 72.8 Å². The molecule has 2 heterocycles. The van der Waals surface area contributed by atoms with Crippen LogP contribution in [-0.4, -0.2) is 59.5 Å². The lowest BCUT2D eigenvalue weighted by atomic mass is 9.83. The third kappa shape index (κ3) is 4.82. The highest BCUT2D eigenvalue weighted by molar-refractivity contribution is 6.30. The third-order valence-corrected chi connectivity index (χ3v) is 7.11. The highest BCUT2D eigenvalue weighted by Gasteiger charge is 2.53. The largest absolute Gasteiger partial charge is 0.326 e. The lowest BCUT2D eigenvalue weighted by Crippen LogP contribution is -2.46. The SMILES string of the molecule is O=C1NC(c2ccccc2)(c2ccccc2)C(=O)N1CN1CCCN(Cc2ccc(Cl)cc2)CC1. The number of amides is 3. The second-order valence-corrected chi connectivity index (χ2v) is 9.60. The third-order valence-electron chi connectivity index (χ3n) is 6.86. The van der Waals surface area contributed by atoms with Crippen molar-refractivity contribution in [2.24, 2.45) is 0 Å². The van der Waals surface area contributed by atoms with Crippen LogP contribution < -0.4 is 5.32 Å². The summed E-state index contributed by atoms with van der Waals surface area (Å²) in [6, 6.07) is 26.6. The van der Waals surface area contributed by atoms with Crippen molar-refractivity contribution in [2.75, 3.05) is 32.8 Å². The van der Waals surface area contributed by atoms with Crippen molar-refractivity contribution in [3.05, 3.63) is 107 Å². The molecule has 7 heteroatoms. The van der Waals surface area contributed by atoms with Gasteiger partial charge in [-0.25, -0.2) is 9.69 Å². The molecule has 180 valence electrons. The van der Waals surface area contributed by atoms with Crippen LogP contribution in [0.2, 0.25) is 5.02 Å². The number of rotatable bonds is 6. The Morgan fingerprint density at radius 3 is 1.94 bits per heavy atom. The first-order valence-electron chi connectivity index (χ1n) is 12.0. The molecule has 2 saturated heterocycles. The number of nitrogens with one attached hydrogen (secondary N) is 1. The molecule has 2 aliphatic rings. The van der Waals surface area contributed by atoms with E-state index in [1.165, 1.54) is 10.5 Å². The molecular weight excluding hydrogens is 460 g/mol. The minimum Gasteiger partial charge on any atom is -0.315 e. The fourth-order valence-electron chi connectivity index (χ4n) is 5.01. The van der Waals surface area contributed by atoms with E-state index in [2.05, 4.69) is 27.2 Å². The van der Waals surface area contributed by atoms with Gasteiger partial charge in [-0.2, -0.15) is 0 Å². The van der Waals surface area contributed by atoms with Crippen molar-refractivity contribution in [2.45, 2.75) is 18.5 Å². The van der Waals surface area contributed by atoms with E-state index < -0.39 is 5.54 Å². The number of imide groups is 1. The zero-order chi connectivity index (χ0) is 24.3. The van der Waals surface area contributed by atoms with Gasteiger partial charge in [-0.1, -0.05) is 84.4 Å². The predicted molar refractivity (Wildman–Crippen MR) is 137 cm³/mol. The number of hydrogen-bond donors (Lipinski definition) is 1. The number of halogens is 1. The fraction of sp³-hybridized carbons (Fsp3) is 0.286. The smallest absolute Gasteiger partial charge is 0.315 e. The molecule has 6 nitrogen and oxygen atoms in total. The normalized spacial score (nSPS) is 18.9. The minimum absolute atomic E-state index is 0.234. The van der Waals surface area contributed by atoms with Gasteiger partial charge in [-0.05, 0) is 41.8 Å². The van der Waals surface area contributed by atoms with Crippen LogP contribution in [0.5, 0.6) is 0 Å². The molecular formula is C28H29ClN4O2. The van der Waals surface area contributed by atoms with Crippen LogP contribution in [-0.2, 0) is 16.9 Å². The molecule has 0 radical (unpaired) electrons. The van der Waals surface area contributed by atoms with Crippen molar-refractivity contribution in [3.8, 4) is 0 Å². The van der Waals surface area contributed by atoms with Crippen molar-refractivity contribution in [1.29, 1.82) is 0 Å². The average molecular weight is 489 g/mol. The summed E-state index contributed by atoms with van der Waals surface area (Å²) in [5.74, 6) is -0.234. The van der Waals surface area contributed by atoms with Crippen LogP contribution >= 0.6 is 11.6 Å². The van der Waals surface area contributed by atoms with Gasteiger partial charge in [-0.15, -0.1) is 0 Å². The standard InChI is InChI=1S/C28H29ClN4O2/c29-25-14-12-22(13-15-25)20-31-16-7-17-32(19-18-31)21-33-26(34)28(30-27(33)35,23-8-3-1-4-9-23)24-10-5-2-6-11-24/h1-6,8-15H,7,16-21H2,(H,30,35). The van der Waals surface area contributed by atoms with E-state index in [9.17, 15) is 9.59 Å². The van der Waals surface area contributed by atoms with Gasteiger partial charge in [0.25, 0.3) is 5.91 Å². The number of hydrogen-bond acceptors (Lipinski definition) is 4. The summed E-state index contributed by atoms with van der Waals surface area (Å²) in [5, 5.41) is 3.78. The van der Waals surface area contributed by atoms with Crippen LogP contribution in [0.1, 0.15) is 23.1 Å². The van der Waals surface area contributed by atoms with Gasteiger partial charge in [0.15, 0.2) is 5.54 Å². The molecule has 0 aliphatic carbocycles. The highest BCUT2D eigenvalue weighted by atomic mass is 35.5. The Bertz CT molecular complexity index is 1130. The maximum absolute atomic E-state index is 13.9. The summed E-state index contributed by atoms with van der Waals surface area (Å²) < 4.78 is 0. The van der Waals surface area contributed by atoms with E-state index in [1.54, 1.807) is 0 Å². The average Bonchev–Trinajstić information content (AvgIpc) is 3.01. The molecule has 0 aromatic heterocycles. The van der Waals surface area contributed by atoms with Gasteiger partial charge in [0.05, 0.1) is 6.67 Å². The van der Waals surface area contributed by atoms with Crippen LogP contribution in [0, 0.1) is 0 Å². The van der Waals surface area contributed by atoms with Crippen LogP contribution in [0.4, 0.5) is 4.79 Å². The number of benzene rings is 3. The van der Waals surface area contributed by atoms with Crippen LogP contribution in [0.15, 0.2) is 84.9 Å². The predicted octanol–water partition coefficient (Wildman–Crippen LogP) is 4.30. The summed E-state index contributed by atoms with van der Waals surface area (Å²) in [7, 11) is 0. The van der Waals surface area contributed by atoms with Gasteiger partial charge in [-0.3, -0.25) is 14.6 Å². The van der Waals surface area contributed by atoms with Crippen molar-refractivity contribution in [1.82, 2.24) is 20.0 Å². The Morgan fingerprint density at radius 2 is 1.31 bits per heavy atom. The molecule has 2 fully saturated rings. The summed E-state index contributed by atoms with van der Waals surface area (Å²) >= 11 is 6.02. The van der Waals surface area contributed by atoms with E-state index in [4.69, 9.17) is 11.6 Å². The molecule has 0 bridgehead atoms. The first-order chi connectivity index (χ1) is 17.1. The second kappa shape index (κ2) is 10.2. The minimum atomic E-state index is -1.22. The lowest BCUT2D eigenvalue weighted by molar-refractivity contribution is -0.131. The highest BCUT2D eigenvalue weighted by Crippen LogP contribution is 2.36. The molecule has 3 amide bonds. The zero-order valence-electron chi connectivity index (χ0n) is 19.6. The Balaban J connectivity index is 1.31. The molecule has 0 saturated carbocycles. The Morgan fingerprint density at radius 1 is 0.743 bits per heavy atom. The number of nitrogens with zero attached hydrogens (tertiary/aromatic N) is 3. The monoisotopic (exact) mass is 488 g/mol. The van der Waals surface area contributed by atoms with E-state index in [-0.39, 0.29) is 18.6 Å². The summed E-state index contributed by atoms with van der Waals surface area (Å²) in [6.45, 7) is 4.60. The maximum Gasteiger partial charge on any atom is 0.326 e. The van der Waals surface area contributed by atoms with Gasteiger partial charge in [0, 0.05) is 31.2 Å². The van der Waals surface area contributed by atoms with Crippen LogP contribution in [0.3, 0.4) is 0 Å². The number of carbonyl (C=O) groups excluding carboxylic acids is 2. The Kier molecular flexibility index (Phi) is 6.86. The molecule has 2 aliphatic heterocycles. The lowest BCUT2D eigenvalue weighted by Gasteiger charge is -2.29. The first kappa shape index (κ1) is 23.5. The molecule has 3 aromatic rings. The molecule has 35 heavy (non-hydrogen) atoms. The van der Waals surface area contributed by atoms with E-state index in [0.29, 0.717) is 0 Å². The molecule has 0 atom stereocenters. The van der Waals surface area contributed by atoms with Gasteiger partial charge in [0.1, 0.15) is 0 Å². The van der Waals surface area contributed by atoms with Crippen molar-refractivity contribution < 1.29 is 9.59 Å². The summed E-state index contributed by atoms with van der Waals surface area (Å²) in [4.78, 5) is 33.1. The van der Waals surface area contributed by atoms with Crippen molar-refractivity contribution in [3.63, 3.8) is 0 Å². The first-order valence-corrected chi connectivity index (χ1v) is 12.4. The molecule has 5 rings (SSSR count). The van der Waals surface area contributed by atoms with Crippen LogP contribution in [0.25, 0.3) is 0 Å². The topological polar surface area (TPSA) is 55.9 Å². The zero-order valence-corrected chi connectivity index (χ0v) is 20.3. The molecule has 0 spiro atoms. The van der Waals surface area contributed by atoms with E-state index >= 15 is 0 Å². The number of carbonyl (C=O) groups is 2. The number of urea groups is 1. The Labute approximate surface area is 211 Å². The van der Waals surface area contributed by atoms with Gasteiger partial charge < -0.3 is 5.32 Å². The molecule has 3 aromatic carbocycles. The Hall–Kier alpha value is -3.19. The quantitative estimate of drug-likeness (QED) is 0.526. The fourth-order valence-corrected chi connectivity index (χ4v) is 5.14. The maximum atomic E-state index is 13.9. The van der Waals surface area contributed by atoms with Gasteiger partial charge >= 0.3 is 6.03 Å². The second-order valence-electron chi connectivity index (χ2n) is 9.16. The molecule has 1 N–H and O–H groups in total. The van der Waals surface area contributed by atoms with E-state index in [0.717, 1.165) is 55.3 Å². The van der Waals surface area contributed by atoms with Gasteiger partial charge in [0.2, 0.25) is 0 Å². The molecule has 0 unspecified atom stereocenters. The summed E-state index contributed by atoms with van der Waals surface area (Å²) in [6.07, 6.45) is 0.972.